The molecule has 0 aliphatic carbocycles. The van der Waals surface area contributed by atoms with Crippen LogP contribution in [0.4, 0.5) is 10.2 Å². The topological polar surface area (TPSA) is 74.6 Å². The van der Waals surface area contributed by atoms with Crippen LogP contribution in [0.25, 0.3) is 5.69 Å². The number of imidazole rings is 1. The molecular formula is C21H20FN3O4. The first-order chi connectivity index (χ1) is 14.0. The highest BCUT2D eigenvalue weighted by Gasteiger charge is 2.33. The number of halogens is 1. The fraction of sp³-hybridized carbons (Fsp3) is 0.238. The molecule has 1 amide bonds. The number of methoxy groups -OCH3 is 3. The van der Waals surface area contributed by atoms with E-state index in [4.69, 9.17) is 14.2 Å². The van der Waals surface area contributed by atoms with Gasteiger partial charge < -0.3 is 19.5 Å². The predicted octanol–water partition coefficient (Wildman–Crippen LogP) is 3.51. The van der Waals surface area contributed by atoms with E-state index in [1.54, 1.807) is 56.5 Å². The first-order valence-corrected chi connectivity index (χ1v) is 8.98. The van der Waals surface area contributed by atoms with Crippen LogP contribution in [0.3, 0.4) is 0 Å². The number of carbonyl (C=O) groups excluding carboxylic acids is 1. The minimum Gasteiger partial charge on any atom is -0.496 e. The molecule has 0 fully saturated rings. The summed E-state index contributed by atoms with van der Waals surface area (Å²) in [5.74, 6) is 1.23. The fourth-order valence-electron chi connectivity index (χ4n) is 3.61. The minimum atomic E-state index is -0.370. The van der Waals surface area contributed by atoms with E-state index in [1.807, 2.05) is 0 Å². The van der Waals surface area contributed by atoms with Crippen LogP contribution in [-0.2, 0) is 4.79 Å². The van der Waals surface area contributed by atoms with E-state index in [9.17, 15) is 9.18 Å². The van der Waals surface area contributed by atoms with Crippen molar-refractivity contribution in [3.63, 3.8) is 0 Å². The van der Waals surface area contributed by atoms with Crippen LogP contribution in [0.1, 0.15) is 23.6 Å². The Morgan fingerprint density at radius 1 is 1.07 bits per heavy atom. The zero-order valence-corrected chi connectivity index (χ0v) is 16.2. The number of rotatable bonds is 5. The third-order valence-corrected chi connectivity index (χ3v) is 4.97. The number of amides is 1. The van der Waals surface area contributed by atoms with Gasteiger partial charge in [0.25, 0.3) is 0 Å². The predicted molar refractivity (Wildman–Crippen MR) is 105 cm³/mol. The Hall–Kier alpha value is -3.55. The van der Waals surface area contributed by atoms with Gasteiger partial charge in [-0.3, -0.25) is 9.36 Å². The molecule has 0 radical (unpaired) electrons. The van der Waals surface area contributed by atoms with Crippen molar-refractivity contribution < 1.29 is 23.4 Å². The molecule has 1 aliphatic heterocycles. The molecular weight excluding hydrogens is 377 g/mol. The summed E-state index contributed by atoms with van der Waals surface area (Å²) in [4.78, 5) is 17.0. The van der Waals surface area contributed by atoms with Gasteiger partial charge in [-0.15, -0.1) is 0 Å². The lowest BCUT2D eigenvalue weighted by Crippen LogP contribution is -2.25. The second-order valence-corrected chi connectivity index (χ2v) is 6.58. The van der Waals surface area contributed by atoms with Gasteiger partial charge in [0.05, 0.1) is 32.7 Å². The highest BCUT2D eigenvalue weighted by molar-refractivity contribution is 5.94. The van der Waals surface area contributed by atoms with Crippen LogP contribution in [0.15, 0.2) is 42.7 Å². The SMILES string of the molecule is COc1cc(OC)c(C2CC(=O)Nc3c2ncn3-c2cccc(F)c2)cc1OC. The molecule has 1 aliphatic rings. The first kappa shape index (κ1) is 18.8. The molecule has 0 spiro atoms. The molecule has 150 valence electrons. The molecule has 2 heterocycles. The number of aromatic nitrogens is 2. The van der Waals surface area contributed by atoms with E-state index in [1.165, 1.54) is 12.1 Å². The Morgan fingerprint density at radius 2 is 1.79 bits per heavy atom. The lowest BCUT2D eigenvalue weighted by Gasteiger charge is -2.25. The Balaban J connectivity index is 1.86. The van der Waals surface area contributed by atoms with Crippen molar-refractivity contribution in [3.8, 4) is 22.9 Å². The fourth-order valence-corrected chi connectivity index (χ4v) is 3.61. The van der Waals surface area contributed by atoms with Gasteiger partial charge in [0.1, 0.15) is 23.7 Å². The largest absolute Gasteiger partial charge is 0.496 e. The lowest BCUT2D eigenvalue weighted by atomic mass is 9.88. The smallest absolute Gasteiger partial charge is 0.226 e. The van der Waals surface area contributed by atoms with Crippen LogP contribution in [0.5, 0.6) is 17.2 Å². The molecule has 3 aromatic rings. The van der Waals surface area contributed by atoms with E-state index < -0.39 is 0 Å². The maximum atomic E-state index is 13.7. The van der Waals surface area contributed by atoms with Crippen molar-refractivity contribution in [2.24, 2.45) is 0 Å². The molecule has 1 N–H and O–H groups in total. The summed E-state index contributed by atoms with van der Waals surface area (Å²) in [5.41, 5.74) is 1.99. The van der Waals surface area contributed by atoms with E-state index in [0.717, 1.165) is 5.56 Å². The number of ether oxygens (including phenoxy) is 3. The number of anilines is 1. The highest BCUT2D eigenvalue weighted by Crippen LogP contribution is 2.44. The maximum absolute atomic E-state index is 13.7. The number of hydrogen-bond donors (Lipinski definition) is 1. The summed E-state index contributed by atoms with van der Waals surface area (Å²) in [7, 11) is 4.65. The third kappa shape index (κ3) is 3.26. The summed E-state index contributed by atoms with van der Waals surface area (Å²) in [6.45, 7) is 0. The van der Waals surface area contributed by atoms with Gasteiger partial charge in [0.15, 0.2) is 11.5 Å². The van der Waals surface area contributed by atoms with E-state index in [0.29, 0.717) is 34.4 Å². The average Bonchev–Trinajstić information content (AvgIpc) is 3.15. The Morgan fingerprint density at radius 3 is 2.48 bits per heavy atom. The molecule has 7 nitrogen and oxygen atoms in total. The molecule has 8 heteroatoms. The van der Waals surface area contributed by atoms with Crippen molar-refractivity contribution in [2.75, 3.05) is 26.6 Å². The van der Waals surface area contributed by atoms with Crippen molar-refractivity contribution in [2.45, 2.75) is 12.3 Å². The summed E-state index contributed by atoms with van der Waals surface area (Å²) in [5, 5.41) is 2.86. The van der Waals surface area contributed by atoms with Crippen LogP contribution < -0.4 is 19.5 Å². The number of carbonyl (C=O) groups is 1. The summed E-state index contributed by atoms with van der Waals surface area (Å²) in [6.07, 6.45) is 1.77. The van der Waals surface area contributed by atoms with E-state index >= 15 is 0 Å². The van der Waals surface area contributed by atoms with Crippen molar-refractivity contribution in [1.82, 2.24) is 9.55 Å². The molecule has 2 aromatic carbocycles. The number of hydrogen-bond acceptors (Lipinski definition) is 5. The molecule has 1 aromatic heterocycles. The lowest BCUT2D eigenvalue weighted by molar-refractivity contribution is -0.116. The molecule has 0 bridgehead atoms. The molecule has 1 unspecified atom stereocenters. The second-order valence-electron chi connectivity index (χ2n) is 6.58. The molecule has 4 rings (SSSR count). The second kappa shape index (κ2) is 7.46. The Kier molecular flexibility index (Phi) is 4.84. The van der Waals surface area contributed by atoms with Crippen molar-refractivity contribution in [1.29, 1.82) is 0 Å². The quantitative estimate of drug-likeness (QED) is 0.713. The molecule has 0 saturated carbocycles. The normalized spacial score (nSPS) is 15.4. The summed E-state index contributed by atoms with van der Waals surface area (Å²) < 4.78 is 31.7. The first-order valence-electron chi connectivity index (χ1n) is 8.98. The molecule has 0 saturated heterocycles. The molecule has 1 atom stereocenters. The Labute approximate surface area is 167 Å². The van der Waals surface area contributed by atoms with Crippen LogP contribution >= 0.6 is 0 Å². The number of benzene rings is 2. The van der Waals surface area contributed by atoms with Crippen LogP contribution in [0.2, 0.25) is 0 Å². The summed E-state index contributed by atoms with van der Waals surface area (Å²) >= 11 is 0. The van der Waals surface area contributed by atoms with E-state index in [2.05, 4.69) is 10.3 Å². The maximum Gasteiger partial charge on any atom is 0.226 e. The summed E-state index contributed by atoms with van der Waals surface area (Å²) in [6, 6.07) is 9.63. The molecule has 29 heavy (non-hydrogen) atoms. The van der Waals surface area contributed by atoms with Gasteiger partial charge in [-0.05, 0) is 24.3 Å². The van der Waals surface area contributed by atoms with Gasteiger partial charge in [0, 0.05) is 24.0 Å². The number of nitrogens with one attached hydrogen (secondary N) is 1. The highest BCUT2D eigenvalue weighted by atomic mass is 19.1. The van der Waals surface area contributed by atoms with Crippen molar-refractivity contribution >= 4 is 11.7 Å². The Bertz CT molecular complexity index is 1080. The van der Waals surface area contributed by atoms with Crippen molar-refractivity contribution in [3.05, 3.63) is 59.8 Å². The standard InChI is InChI=1S/C21H20FN3O4/c1-27-16-10-18(29-3)17(28-2)8-14(16)15-9-19(26)24-21-20(15)23-11-25(21)13-6-4-5-12(22)7-13/h4-8,10-11,15H,9H2,1-3H3,(H,24,26). The monoisotopic (exact) mass is 397 g/mol. The van der Waals surface area contributed by atoms with Crippen LogP contribution in [-0.4, -0.2) is 36.8 Å². The van der Waals surface area contributed by atoms with Gasteiger partial charge in [0.2, 0.25) is 5.91 Å². The van der Waals surface area contributed by atoms with Gasteiger partial charge in [-0.1, -0.05) is 6.07 Å². The minimum absolute atomic E-state index is 0.169. The van der Waals surface area contributed by atoms with Gasteiger partial charge >= 0.3 is 0 Å². The third-order valence-electron chi connectivity index (χ3n) is 4.97. The van der Waals surface area contributed by atoms with E-state index in [-0.39, 0.29) is 24.1 Å². The van der Waals surface area contributed by atoms with Gasteiger partial charge in [-0.2, -0.15) is 0 Å². The zero-order chi connectivity index (χ0) is 20.5. The average molecular weight is 397 g/mol. The van der Waals surface area contributed by atoms with Gasteiger partial charge in [-0.25, -0.2) is 9.37 Å². The number of fused-ring (bicyclic) bond motifs is 1. The zero-order valence-electron chi connectivity index (χ0n) is 16.2. The number of nitrogens with zero attached hydrogens (tertiary/aromatic N) is 2. The van der Waals surface area contributed by atoms with Crippen LogP contribution in [0, 0.1) is 5.82 Å².